The van der Waals surface area contributed by atoms with Crippen LogP contribution in [0, 0.1) is 0 Å². The van der Waals surface area contributed by atoms with Crippen LogP contribution in [0.4, 0.5) is 5.82 Å². The van der Waals surface area contributed by atoms with Gasteiger partial charge in [-0.2, -0.15) is 4.31 Å². The molecule has 1 saturated heterocycles. The smallest absolute Gasteiger partial charge is 0.251 e. The minimum atomic E-state index is -3.23. The van der Waals surface area contributed by atoms with Crippen molar-refractivity contribution in [3.05, 3.63) is 23.9 Å². The maximum Gasteiger partial charge on any atom is 0.251 e. The Balaban J connectivity index is 1.90. The van der Waals surface area contributed by atoms with E-state index in [1.807, 2.05) is 0 Å². The quantitative estimate of drug-likeness (QED) is 0.757. The van der Waals surface area contributed by atoms with Crippen molar-refractivity contribution in [2.24, 2.45) is 0 Å². The molecule has 9 heteroatoms. The number of nitrogens with one attached hydrogen (secondary N) is 2. The first-order valence-electron chi connectivity index (χ1n) is 6.89. The summed E-state index contributed by atoms with van der Waals surface area (Å²) in [5.41, 5.74) is 0.482. The Hall–Kier alpha value is -1.71. The largest absolute Gasteiger partial charge is 0.374 e. The summed E-state index contributed by atoms with van der Waals surface area (Å²) in [7, 11) is -1.51. The van der Waals surface area contributed by atoms with Crippen molar-refractivity contribution < 1.29 is 17.9 Å². The number of hydrogen-bond donors (Lipinski definition) is 2. The van der Waals surface area contributed by atoms with Gasteiger partial charge in [-0.15, -0.1) is 0 Å². The fourth-order valence-electron chi connectivity index (χ4n) is 2.13. The van der Waals surface area contributed by atoms with Gasteiger partial charge in [-0.1, -0.05) is 0 Å². The molecule has 1 atom stereocenters. The van der Waals surface area contributed by atoms with Crippen molar-refractivity contribution in [3.8, 4) is 0 Å². The maximum atomic E-state index is 12.1. The number of sulfonamides is 1. The van der Waals surface area contributed by atoms with Gasteiger partial charge < -0.3 is 15.4 Å². The highest BCUT2D eigenvalue weighted by Crippen LogP contribution is 2.09. The summed E-state index contributed by atoms with van der Waals surface area (Å²) >= 11 is 0. The molecule has 2 heterocycles. The minimum absolute atomic E-state index is 0.247. The van der Waals surface area contributed by atoms with Gasteiger partial charge in [0.2, 0.25) is 10.0 Å². The summed E-state index contributed by atoms with van der Waals surface area (Å²) < 4.78 is 29.9. The summed E-state index contributed by atoms with van der Waals surface area (Å²) in [5.74, 6) is 0.351. The van der Waals surface area contributed by atoms with Crippen molar-refractivity contribution in [1.29, 1.82) is 0 Å². The normalized spacial score (nSPS) is 19.6. The average molecular weight is 328 g/mol. The molecule has 1 aromatic rings. The molecule has 0 radical (unpaired) electrons. The molecule has 1 aliphatic rings. The third kappa shape index (κ3) is 4.39. The number of morpholine rings is 1. The molecule has 0 bridgehead atoms. The number of anilines is 1. The number of amides is 1. The standard InChI is InChI=1S/C13H20N4O4S/c1-14-12-7-10(3-4-15-12)13(18)16-8-11-9-17(5-6-21-11)22(2,19)20/h3-4,7,11H,5-6,8-9H2,1-2H3,(H,14,15)(H,16,18). The Kier molecular flexibility index (Phi) is 5.33. The molecular formula is C13H20N4O4S. The summed E-state index contributed by atoms with van der Waals surface area (Å²) in [6.07, 6.45) is 2.37. The second-order valence-electron chi connectivity index (χ2n) is 5.00. The molecule has 1 fully saturated rings. The first kappa shape index (κ1) is 16.7. The Bertz CT molecular complexity index is 635. The van der Waals surface area contributed by atoms with Crippen molar-refractivity contribution in [2.45, 2.75) is 6.10 Å². The fraction of sp³-hybridized carbons (Fsp3) is 0.538. The minimum Gasteiger partial charge on any atom is -0.374 e. The number of carbonyl (C=O) groups is 1. The predicted molar refractivity (Wildman–Crippen MR) is 82.3 cm³/mol. The Morgan fingerprint density at radius 1 is 1.55 bits per heavy atom. The molecule has 0 spiro atoms. The molecule has 22 heavy (non-hydrogen) atoms. The molecule has 1 unspecified atom stereocenters. The van der Waals surface area contributed by atoms with Gasteiger partial charge in [-0.3, -0.25) is 4.79 Å². The predicted octanol–water partition coefficient (Wildman–Crippen LogP) is -0.486. The highest BCUT2D eigenvalue weighted by Gasteiger charge is 2.26. The van der Waals surface area contributed by atoms with E-state index < -0.39 is 10.0 Å². The zero-order chi connectivity index (χ0) is 16.2. The van der Waals surface area contributed by atoms with Crippen LogP contribution in [0.1, 0.15) is 10.4 Å². The number of aromatic nitrogens is 1. The van der Waals surface area contributed by atoms with E-state index >= 15 is 0 Å². The van der Waals surface area contributed by atoms with Crippen molar-refractivity contribution in [2.75, 3.05) is 44.9 Å². The molecule has 1 amide bonds. The lowest BCUT2D eigenvalue weighted by atomic mass is 10.2. The van der Waals surface area contributed by atoms with Crippen LogP contribution in [-0.4, -0.2) is 69.3 Å². The molecule has 0 saturated carbocycles. The molecule has 0 aromatic carbocycles. The molecule has 1 aliphatic heterocycles. The number of rotatable bonds is 5. The van der Waals surface area contributed by atoms with E-state index in [-0.39, 0.29) is 25.1 Å². The van der Waals surface area contributed by atoms with E-state index in [2.05, 4.69) is 15.6 Å². The monoisotopic (exact) mass is 328 g/mol. The molecule has 8 nitrogen and oxygen atoms in total. The number of nitrogens with zero attached hydrogens (tertiary/aromatic N) is 2. The molecule has 1 aromatic heterocycles. The third-order valence-corrected chi connectivity index (χ3v) is 4.61. The third-order valence-electron chi connectivity index (χ3n) is 3.34. The van der Waals surface area contributed by atoms with Crippen molar-refractivity contribution in [1.82, 2.24) is 14.6 Å². The van der Waals surface area contributed by atoms with Crippen LogP contribution >= 0.6 is 0 Å². The van der Waals surface area contributed by atoms with E-state index in [0.717, 1.165) is 0 Å². The lowest BCUT2D eigenvalue weighted by molar-refractivity contribution is 0.000438. The zero-order valence-electron chi connectivity index (χ0n) is 12.6. The number of ether oxygens (including phenoxy) is 1. The number of hydrogen-bond acceptors (Lipinski definition) is 6. The Labute approximate surface area is 129 Å². The molecule has 122 valence electrons. The van der Waals surface area contributed by atoms with Gasteiger partial charge in [0.1, 0.15) is 5.82 Å². The van der Waals surface area contributed by atoms with Crippen LogP contribution in [0.5, 0.6) is 0 Å². The van der Waals surface area contributed by atoms with Gasteiger partial charge in [0.15, 0.2) is 0 Å². The Morgan fingerprint density at radius 3 is 3.00 bits per heavy atom. The van der Waals surface area contributed by atoms with E-state index in [4.69, 9.17) is 4.74 Å². The second kappa shape index (κ2) is 7.03. The van der Waals surface area contributed by atoms with Gasteiger partial charge in [0.25, 0.3) is 5.91 Å². The fourth-order valence-corrected chi connectivity index (χ4v) is 2.98. The Morgan fingerprint density at radius 2 is 2.32 bits per heavy atom. The van der Waals surface area contributed by atoms with Crippen LogP contribution in [0.25, 0.3) is 0 Å². The summed E-state index contributed by atoms with van der Waals surface area (Å²) in [4.78, 5) is 16.1. The zero-order valence-corrected chi connectivity index (χ0v) is 13.4. The molecule has 2 N–H and O–H groups in total. The highest BCUT2D eigenvalue weighted by atomic mass is 32.2. The SMILES string of the molecule is CNc1cc(C(=O)NCC2CN(S(C)(=O)=O)CCO2)ccn1. The maximum absolute atomic E-state index is 12.1. The van der Waals surface area contributed by atoms with Gasteiger partial charge in [-0.05, 0) is 12.1 Å². The highest BCUT2D eigenvalue weighted by molar-refractivity contribution is 7.88. The summed E-state index contributed by atoms with van der Waals surface area (Å²) in [6, 6.07) is 3.25. The summed E-state index contributed by atoms with van der Waals surface area (Å²) in [5, 5.41) is 5.61. The first-order chi connectivity index (χ1) is 10.4. The molecule has 2 rings (SSSR count). The second-order valence-corrected chi connectivity index (χ2v) is 6.99. The van der Waals surface area contributed by atoms with Crippen molar-refractivity contribution >= 4 is 21.7 Å². The van der Waals surface area contributed by atoms with Gasteiger partial charge in [0.05, 0.1) is 19.0 Å². The van der Waals surface area contributed by atoms with Gasteiger partial charge in [0, 0.05) is 38.4 Å². The van der Waals surface area contributed by atoms with Gasteiger partial charge in [-0.25, -0.2) is 13.4 Å². The number of pyridine rings is 1. The van der Waals surface area contributed by atoms with Crippen LogP contribution < -0.4 is 10.6 Å². The van der Waals surface area contributed by atoms with Crippen LogP contribution in [0.3, 0.4) is 0 Å². The first-order valence-corrected chi connectivity index (χ1v) is 8.73. The van der Waals surface area contributed by atoms with Crippen LogP contribution in [0.2, 0.25) is 0 Å². The lowest BCUT2D eigenvalue weighted by Crippen LogP contribution is -2.49. The van der Waals surface area contributed by atoms with E-state index in [0.29, 0.717) is 24.5 Å². The number of carbonyl (C=O) groups excluding carboxylic acids is 1. The van der Waals surface area contributed by atoms with Crippen molar-refractivity contribution in [3.63, 3.8) is 0 Å². The molecule has 0 aliphatic carbocycles. The summed E-state index contributed by atoms with van der Waals surface area (Å²) in [6.45, 7) is 1.17. The average Bonchev–Trinajstić information content (AvgIpc) is 2.52. The van der Waals surface area contributed by atoms with Gasteiger partial charge >= 0.3 is 0 Å². The lowest BCUT2D eigenvalue weighted by Gasteiger charge is -2.31. The van der Waals surface area contributed by atoms with E-state index in [9.17, 15) is 13.2 Å². The topological polar surface area (TPSA) is 101 Å². The van der Waals surface area contributed by atoms with E-state index in [1.54, 1.807) is 25.4 Å². The van der Waals surface area contributed by atoms with Crippen LogP contribution in [0.15, 0.2) is 18.3 Å². The van der Waals surface area contributed by atoms with E-state index in [1.165, 1.54) is 10.6 Å². The van der Waals surface area contributed by atoms with Crippen LogP contribution in [-0.2, 0) is 14.8 Å². The molecular weight excluding hydrogens is 308 g/mol.